The quantitative estimate of drug-likeness (QED) is 0.796. The van der Waals surface area contributed by atoms with Crippen LogP contribution in [0.5, 0.6) is 0 Å². The molecule has 0 N–H and O–H groups in total. The van der Waals surface area contributed by atoms with Crippen LogP contribution >= 0.6 is 0 Å². The van der Waals surface area contributed by atoms with Crippen molar-refractivity contribution in [3.63, 3.8) is 0 Å². The van der Waals surface area contributed by atoms with E-state index in [-0.39, 0.29) is 23.8 Å². The van der Waals surface area contributed by atoms with Gasteiger partial charge in [0, 0.05) is 58.0 Å². The lowest BCUT2D eigenvalue weighted by Gasteiger charge is -2.39. The zero-order valence-corrected chi connectivity index (χ0v) is 15.8. The molecule has 0 aliphatic carbocycles. The van der Waals surface area contributed by atoms with E-state index in [1.807, 2.05) is 22.1 Å². The number of ether oxygens (including phenoxy) is 1. The monoisotopic (exact) mass is 372 g/mol. The molecule has 3 aliphatic rings. The van der Waals surface area contributed by atoms with E-state index < -0.39 is 0 Å². The molecular formula is C20H28N4O3. The first-order chi connectivity index (χ1) is 13.2. The lowest BCUT2D eigenvalue weighted by molar-refractivity contribution is -0.146. The topological polar surface area (TPSA) is 66.0 Å². The fraction of sp³-hybridized carbons (Fsp3) is 0.650. The molecule has 0 aromatic carbocycles. The summed E-state index contributed by atoms with van der Waals surface area (Å²) in [5, 5.41) is 0. The molecule has 0 spiro atoms. The van der Waals surface area contributed by atoms with Gasteiger partial charge < -0.3 is 19.4 Å². The molecule has 1 aromatic rings. The second kappa shape index (κ2) is 8.25. The number of hydrogen-bond acceptors (Lipinski definition) is 5. The van der Waals surface area contributed by atoms with Gasteiger partial charge in [0.25, 0.3) is 5.91 Å². The van der Waals surface area contributed by atoms with Gasteiger partial charge in [-0.15, -0.1) is 0 Å². The van der Waals surface area contributed by atoms with Crippen molar-refractivity contribution in [1.29, 1.82) is 0 Å². The number of nitrogens with zero attached hydrogens (tertiary/aromatic N) is 4. The Labute approximate surface area is 160 Å². The Hall–Kier alpha value is -2.15. The minimum absolute atomic E-state index is 0.0449. The molecule has 27 heavy (non-hydrogen) atoms. The highest BCUT2D eigenvalue weighted by molar-refractivity contribution is 5.82. The normalized spacial score (nSPS) is 24.3. The number of amides is 2. The highest BCUT2D eigenvalue weighted by Gasteiger charge is 2.34. The van der Waals surface area contributed by atoms with Gasteiger partial charge >= 0.3 is 0 Å². The van der Waals surface area contributed by atoms with Crippen LogP contribution in [0.2, 0.25) is 0 Å². The molecular weight excluding hydrogens is 344 g/mol. The van der Waals surface area contributed by atoms with Gasteiger partial charge in [0.15, 0.2) is 0 Å². The van der Waals surface area contributed by atoms with Crippen LogP contribution in [0.1, 0.15) is 25.7 Å². The SMILES string of the molecule is O=C(C1CCN(C(=O)C2CCCO2)CC1)N1CCN(c2cccnc2)CC1. The minimum atomic E-state index is -0.252. The van der Waals surface area contributed by atoms with Crippen LogP contribution in [0, 0.1) is 5.92 Å². The van der Waals surface area contributed by atoms with E-state index in [0.29, 0.717) is 19.7 Å². The summed E-state index contributed by atoms with van der Waals surface area (Å²) in [6.45, 7) is 5.22. The maximum Gasteiger partial charge on any atom is 0.251 e. The molecule has 4 heterocycles. The molecule has 0 bridgehead atoms. The van der Waals surface area contributed by atoms with Gasteiger partial charge in [-0.1, -0.05) is 0 Å². The van der Waals surface area contributed by atoms with Crippen LogP contribution in [-0.4, -0.2) is 78.6 Å². The van der Waals surface area contributed by atoms with Crippen LogP contribution < -0.4 is 4.90 Å². The van der Waals surface area contributed by atoms with E-state index in [2.05, 4.69) is 16.0 Å². The van der Waals surface area contributed by atoms with E-state index in [9.17, 15) is 9.59 Å². The summed E-state index contributed by atoms with van der Waals surface area (Å²) in [6, 6.07) is 4.00. The van der Waals surface area contributed by atoms with Crippen molar-refractivity contribution in [2.45, 2.75) is 31.8 Å². The van der Waals surface area contributed by atoms with Gasteiger partial charge in [-0.3, -0.25) is 14.6 Å². The van der Waals surface area contributed by atoms with Crippen LogP contribution in [0.25, 0.3) is 0 Å². The summed E-state index contributed by atoms with van der Waals surface area (Å²) in [5.41, 5.74) is 1.12. The standard InChI is InChI=1S/C20H28N4O3/c25-19(24-12-10-22(11-13-24)17-3-1-7-21-15-17)16-5-8-23(9-6-16)20(26)18-4-2-14-27-18/h1,3,7,15-16,18H,2,4-6,8-14H2. The summed E-state index contributed by atoms with van der Waals surface area (Å²) in [6.07, 6.45) is 6.73. The molecule has 7 heteroatoms. The van der Waals surface area contributed by atoms with Crippen molar-refractivity contribution >= 4 is 17.5 Å². The highest BCUT2D eigenvalue weighted by atomic mass is 16.5. The third kappa shape index (κ3) is 4.08. The molecule has 3 aliphatic heterocycles. The molecule has 1 unspecified atom stereocenters. The van der Waals surface area contributed by atoms with E-state index in [1.54, 1.807) is 6.20 Å². The van der Waals surface area contributed by atoms with E-state index in [4.69, 9.17) is 4.74 Å². The zero-order valence-electron chi connectivity index (χ0n) is 15.8. The number of anilines is 1. The molecule has 1 atom stereocenters. The predicted octanol–water partition coefficient (Wildman–Crippen LogP) is 1.15. The third-order valence-electron chi connectivity index (χ3n) is 5.96. The van der Waals surface area contributed by atoms with Gasteiger partial charge in [-0.2, -0.15) is 0 Å². The lowest BCUT2D eigenvalue weighted by Crippen LogP contribution is -2.52. The molecule has 0 radical (unpaired) electrons. The number of aromatic nitrogens is 1. The third-order valence-corrected chi connectivity index (χ3v) is 5.96. The van der Waals surface area contributed by atoms with Crippen LogP contribution in [-0.2, 0) is 14.3 Å². The van der Waals surface area contributed by atoms with Crippen LogP contribution in [0.3, 0.4) is 0 Å². The molecule has 1 aromatic heterocycles. The Morgan fingerprint density at radius 2 is 1.70 bits per heavy atom. The number of piperazine rings is 1. The predicted molar refractivity (Wildman–Crippen MR) is 101 cm³/mol. The van der Waals surface area contributed by atoms with Gasteiger partial charge in [-0.05, 0) is 37.8 Å². The lowest BCUT2D eigenvalue weighted by atomic mass is 9.94. The number of carbonyl (C=O) groups is 2. The van der Waals surface area contributed by atoms with Gasteiger partial charge in [0.1, 0.15) is 6.10 Å². The van der Waals surface area contributed by atoms with Crippen molar-refractivity contribution in [3.8, 4) is 0 Å². The van der Waals surface area contributed by atoms with Crippen LogP contribution in [0.15, 0.2) is 24.5 Å². The van der Waals surface area contributed by atoms with E-state index in [0.717, 1.165) is 57.5 Å². The van der Waals surface area contributed by atoms with Crippen LogP contribution in [0.4, 0.5) is 5.69 Å². The highest BCUT2D eigenvalue weighted by Crippen LogP contribution is 2.24. The smallest absolute Gasteiger partial charge is 0.251 e. The second-order valence-electron chi connectivity index (χ2n) is 7.62. The summed E-state index contributed by atoms with van der Waals surface area (Å²) < 4.78 is 5.51. The Morgan fingerprint density at radius 3 is 2.33 bits per heavy atom. The molecule has 2 amide bonds. The summed E-state index contributed by atoms with van der Waals surface area (Å²) in [7, 11) is 0. The van der Waals surface area contributed by atoms with Crippen molar-refractivity contribution in [2.24, 2.45) is 5.92 Å². The Bertz CT molecular complexity index is 646. The van der Waals surface area contributed by atoms with E-state index in [1.165, 1.54) is 0 Å². The summed E-state index contributed by atoms with van der Waals surface area (Å²) in [4.78, 5) is 35.7. The van der Waals surface area contributed by atoms with Crippen molar-refractivity contribution in [1.82, 2.24) is 14.8 Å². The molecule has 0 saturated carbocycles. The number of pyridine rings is 1. The van der Waals surface area contributed by atoms with E-state index >= 15 is 0 Å². The Morgan fingerprint density at radius 1 is 0.963 bits per heavy atom. The minimum Gasteiger partial charge on any atom is -0.368 e. The average Bonchev–Trinajstić information content (AvgIpc) is 3.28. The molecule has 7 nitrogen and oxygen atoms in total. The van der Waals surface area contributed by atoms with Gasteiger partial charge in [0.05, 0.1) is 11.9 Å². The van der Waals surface area contributed by atoms with Crippen molar-refractivity contribution in [3.05, 3.63) is 24.5 Å². The number of likely N-dealkylation sites (tertiary alicyclic amines) is 1. The fourth-order valence-corrected chi connectivity index (χ4v) is 4.31. The van der Waals surface area contributed by atoms with Crippen molar-refractivity contribution in [2.75, 3.05) is 50.8 Å². The molecule has 4 rings (SSSR count). The largest absolute Gasteiger partial charge is 0.368 e. The van der Waals surface area contributed by atoms with Gasteiger partial charge in [-0.25, -0.2) is 0 Å². The molecule has 3 saturated heterocycles. The molecule has 3 fully saturated rings. The Balaban J connectivity index is 1.24. The fourth-order valence-electron chi connectivity index (χ4n) is 4.31. The zero-order chi connectivity index (χ0) is 18.6. The maximum absolute atomic E-state index is 12.9. The molecule has 146 valence electrons. The maximum atomic E-state index is 12.9. The second-order valence-corrected chi connectivity index (χ2v) is 7.62. The first-order valence-corrected chi connectivity index (χ1v) is 10.1. The van der Waals surface area contributed by atoms with Gasteiger partial charge in [0.2, 0.25) is 5.91 Å². The Kier molecular flexibility index (Phi) is 5.57. The average molecular weight is 372 g/mol. The number of rotatable bonds is 3. The first-order valence-electron chi connectivity index (χ1n) is 10.1. The van der Waals surface area contributed by atoms with Crippen molar-refractivity contribution < 1.29 is 14.3 Å². The summed E-state index contributed by atoms with van der Waals surface area (Å²) in [5.74, 6) is 0.414. The first kappa shape index (κ1) is 18.2. The number of carbonyl (C=O) groups excluding carboxylic acids is 2. The summed E-state index contributed by atoms with van der Waals surface area (Å²) >= 11 is 0. The number of piperidine rings is 1. The number of hydrogen-bond donors (Lipinski definition) is 0.